The average molecular weight is 438 g/mol. The van der Waals surface area contributed by atoms with E-state index in [0.717, 1.165) is 57.8 Å². The molecule has 0 bridgehead atoms. The molecule has 1 atom stereocenters. The molecule has 32 heavy (non-hydrogen) atoms. The van der Waals surface area contributed by atoms with Gasteiger partial charge in [-0.3, -0.25) is 9.69 Å². The van der Waals surface area contributed by atoms with Crippen molar-refractivity contribution < 1.29 is 23.7 Å². The molecule has 0 fully saturated rings. The van der Waals surface area contributed by atoms with Gasteiger partial charge in [0.05, 0.1) is 14.2 Å². The molecule has 0 aromatic heterocycles. The molecule has 6 nitrogen and oxygen atoms in total. The van der Waals surface area contributed by atoms with Gasteiger partial charge in [0.2, 0.25) is 12.5 Å². The molecule has 0 saturated heterocycles. The molecule has 0 radical (unpaired) electrons. The molecule has 0 aliphatic carbocycles. The Labute approximate surface area is 189 Å². The molecule has 4 rings (SSSR count). The van der Waals surface area contributed by atoms with Crippen molar-refractivity contribution in [3.8, 4) is 23.0 Å². The number of nitrogens with zero attached hydrogens (tertiary/aromatic N) is 1. The number of methoxy groups -OCH3 is 2. The van der Waals surface area contributed by atoms with Crippen molar-refractivity contribution in [2.75, 3.05) is 34.6 Å². The summed E-state index contributed by atoms with van der Waals surface area (Å²) in [6.07, 6.45) is 4.87. The number of hydrogen-bond acceptors (Lipinski definition) is 6. The second kappa shape index (κ2) is 8.87. The highest BCUT2D eigenvalue weighted by atomic mass is 16.7. The van der Waals surface area contributed by atoms with Gasteiger partial charge in [-0.25, -0.2) is 0 Å². The topological polar surface area (TPSA) is 57.2 Å². The van der Waals surface area contributed by atoms with Gasteiger partial charge in [-0.1, -0.05) is 6.08 Å². The van der Waals surface area contributed by atoms with Crippen LogP contribution in [-0.4, -0.2) is 45.3 Å². The number of carbonyl (C=O) groups is 1. The third-order valence-electron chi connectivity index (χ3n) is 6.71. The van der Waals surface area contributed by atoms with E-state index < -0.39 is 0 Å². The fraction of sp³-hybridized carbons (Fsp3) is 0.423. The predicted octanol–water partition coefficient (Wildman–Crippen LogP) is 4.56. The van der Waals surface area contributed by atoms with Crippen LogP contribution in [0, 0.1) is 20.8 Å². The smallest absolute Gasteiger partial charge is 0.231 e. The van der Waals surface area contributed by atoms with Gasteiger partial charge in [0.15, 0.2) is 17.3 Å². The van der Waals surface area contributed by atoms with Crippen LogP contribution in [0.5, 0.6) is 23.0 Å². The number of ether oxygens (including phenoxy) is 4. The second-order valence-electron chi connectivity index (χ2n) is 8.53. The van der Waals surface area contributed by atoms with Gasteiger partial charge in [-0.15, -0.1) is 0 Å². The van der Waals surface area contributed by atoms with Gasteiger partial charge in [0.1, 0.15) is 5.75 Å². The third-order valence-corrected chi connectivity index (χ3v) is 6.71. The summed E-state index contributed by atoms with van der Waals surface area (Å²) in [4.78, 5) is 15.3. The van der Waals surface area contributed by atoms with Crippen LogP contribution in [0.15, 0.2) is 18.2 Å². The zero-order chi connectivity index (χ0) is 23.0. The zero-order valence-corrected chi connectivity index (χ0v) is 19.7. The number of aryl methyl sites for hydroxylation is 1. The van der Waals surface area contributed by atoms with Crippen LogP contribution in [0.3, 0.4) is 0 Å². The Hall–Kier alpha value is -2.99. The molecule has 0 unspecified atom stereocenters. The van der Waals surface area contributed by atoms with E-state index in [1.165, 1.54) is 0 Å². The Kier molecular flexibility index (Phi) is 6.15. The number of allylic oxidation sites excluding steroid dienone is 1. The molecule has 2 aromatic carbocycles. The number of carbonyl (C=O) groups excluding carboxylic acids is 1. The van der Waals surface area contributed by atoms with Gasteiger partial charge < -0.3 is 18.9 Å². The quantitative estimate of drug-likeness (QED) is 0.618. The Morgan fingerprint density at radius 2 is 1.94 bits per heavy atom. The lowest BCUT2D eigenvalue weighted by Gasteiger charge is -2.35. The van der Waals surface area contributed by atoms with E-state index >= 15 is 0 Å². The number of hydrogen-bond donors (Lipinski definition) is 0. The molecule has 2 aliphatic rings. The molecule has 0 spiro atoms. The number of benzene rings is 2. The summed E-state index contributed by atoms with van der Waals surface area (Å²) < 4.78 is 22.4. The molecule has 170 valence electrons. The number of fused-ring (bicyclic) bond motifs is 2. The largest absolute Gasteiger partial charge is 0.496 e. The summed E-state index contributed by atoms with van der Waals surface area (Å²) >= 11 is 0. The summed E-state index contributed by atoms with van der Waals surface area (Å²) in [5.41, 5.74) is 6.55. The lowest BCUT2D eigenvalue weighted by molar-refractivity contribution is -0.115. The number of rotatable bonds is 6. The van der Waals surface area contributed by atoms with Crippen molar-refractivity contribution in [1.82, 2.24) is 4.90 Å². The lowest BCUT2D eigenvalue weighted by Crippen LogP contribution is -2.33. The molecule has 0 N–H and O–H groups in total. The van der Waals surface area contributed by atoms with Crippen LogP contribution in [-0.2, 0) is 11.2 Å². The van der Waals surface area contributed by atoms with Crippen LogP contribution in [0.2, 0.25) is 0 Å². The fourth-order valence-corrected chi connectivity index (χ4v) is 4.75. The van der Waals surface area contributed by atoms with Crippen LogP contribution < -0.4 is 18.9 Å². The first kappa shape index (κ1) is 22.2. The van der Waals surface area contributed by atoms with Gasteiger partial charge >= 0.3 is 0 Å². The monoisotopic (exact) mass is 437 g/mol. The summed E-state index contributed by atoms with van der Waals surface area (Å²) in [5, 5.41) is 0. The highest BCUT2D eigenvalue weighted by molar-refractivity contribution is 5.94. The van der Waals surface area contributed by atoms with Crippen molar-refractivity contribution in [1.29, 1.82) is 0 Å². The average Bonchev–Trinajstić information content (AvgIpc) is 3.25. The first-order valence-electron chi connectivity index (χ1n) is 10.9. The Morgan fingerprint density at radius 1 is 1.16 bits per heavy atom. The predicted molar refractivity (Wildman–Crippen MR) is 124 cm³/mol. The zero-order valence-electron chi connectivity index (χ0n) is 19.7. The van der Waals surface area contributed by atoms with Crippen LogP contribution in [0.4, 0.5) is 0 Å². The normalized spacial score (nSPS) is 17.5. The number of likely N-dealkylation sites (N-methyl/N-ethyl adjacent to an activating group) is 1. The van der Waals surface area contributed by atoms with E-state index in [1.807, 2.05) is 32.1 Å². The van der Waals surface area contributed by atoms with Gasteiger partial charge in [-0.2, -0.15) is 0 Å². The van der Waals surface area contributed by atoms with Crippen LogP contribution in [0.25, 0.3) is 6.08 Å². The first-order chi connectivity index (χ1) is 15.3. The minimum absolute atomic E-state index is 0.0710. The highest BCUT2D eigenvalue weighted by Crippen LogP contribution is 2.50. The summed E-state index contributed by atoms with van der Waals surface area (Å²) in [7, 11) is 5.37. The summed E-state index contributed by atoms with van der Waals surface area (Å²) in [5.74, 6) is 2.97. The maximum Gasteiger partial charge on any atom is 0.231 e. The molecule has 0 amide bonds. The summed E-state index contributed by atoms with van der Waals surface area (Å²) in [6, 6.07) is 3.97. The fourth-order valence-electron chi connectivity index (χ4n) is 4.75. The Balaban J connectivity index is 1.62. The Morgan fingerprint density at radius 3 is 2.66 bits per heavy atom. The van der Waals surface area contributed by atoms with Crippen molar-refractivity contribution >= 4 is 11.9 Å². The van der Waals surface area contributed by atoms with Crippen molar-refractivity contribution in [3.63, 3.8) is 0 Å². The van der Waals surface area contributed by atoms with Crippen molar-refractivity contribution in [2.45, 2.75) is 39.7 Å². The van der Waals surface area contributed by atoms with E-state index in [1.54, 1.807) is 20.3 Å². The minimum atomic E-state index is -0.0832. The van der Waals surface area contributed by atoms with E-state index in [4.69, 9.17) is 18.9 Å². The molecule has 6 heteroatoms. The van der Waals surface area contributed by atoms with E-state index in [2.05, 4.69) is 18.9 Å². The van der Waals surface area contributed by atoms with Gasteiger partial charge in [0, 0.05) is 24.6 Å². The maximum atomic E-state index is 13.1. The summed E-state index contributed by atoms with van der Waals surface area (Å²) in [6.45, 7) is 7.20. The van der Waals surface area contributed by atoms with Crippen molar-refractivity contribution in [2.24, 2.45) is 0 Å². The molecular formula is C26H31NO5. The molecule has 2 aliphatic heterocycles. The molecule has 2 heterocycles. The lowest BCUT2D eigenvalue weighted by atomic mass is 9.88. The van der Waals surface area contributed by atoms with Gasteiger partial charge in [-0.05, 0) is 80.3 Å². The van der Waals surface area contributed by atoms with Crippen LogP contribution in [0.1, 0.15) is 45.8 Å². The molecular weight excluding hydrogens is 406 g/mol. The molecule has 2 aromatic rings. The maximum absolute atomic E-state index is 13.1. The number of ketones is 1. The van der Waals surface area contributed by atoms with Crippen LogP contribution >= 0.6 is 0 Å². The first-order valence-corrected chi connectivity index (χ1v) is 10.9. The molecule has 0 saturated carbocycles. The van der Waals surface area contributed by atoms with Gasteiger partial charge in [0.25, 0.3) is 0 Å². The van der Waals surface area contributed by atoms with E-state index in [0.29, 0.717) is 17.9 Å². The van der Waals surface area contributed by atoms with Crippen molar-refractivity contribution in [3.05, 3.63) is 51.6 Å². The standard InChI is InChI=1S/C26H31NO5/c1-15-11-22(29-5)17(3)16(2)20(15)8-7-19(28)13-21-24-18(9-10-27(21)4)12-23-25(26(24)30-6)32-14-31-23/h7-8,11-12,21H,9-10,13-14H2,1-6H3/b8-7+/t21-/m0/s1. The van der Waals surface area contributed by atoms with E-state index in [-0.39, 0.29) is 18.6 Å². The SMILES string of the molecule is COc1cc(C)c(/C=C/C(=O)C[C@H]2c3c(cc4c(c3OC)OCO4)CCN2C)c(C)c1C. The third kappa shape index (κ3) is 3.84. The highest BCUT2D eigenvalue weighted by Gasteiger charge is 2.34. The second-order valence-corrected chi connectivity index (χ2v) is 8.53. The van der Waals surface area contributed by atoms with E-state index in [9.17, 15) is 4.79 Å². The Bertz CT molecular complexity index is 1090. The minimum Gasteiger partial charge on any atom is -0.496 e.